The lowest BCUT2D eigenvalue weighted by atomic mass is 10.2. The van der Waals surface area contributed by atoms with Crippen LogP contribution in [-0.4, -0.2) is 64.2 Å². The highest BCUT2D eigenvalue weighted by molar-refractivity contribution is 7.98. The molecule has 0 saturated heterocycles. The van der Waals surface area contributed by atoms with Crippen LogP contribution in [-0.2, 0) is 14.4 Å². The summed E-state index contributed by atoms with van der Waals surface area (Å²) in [5, 5.41) is 18.0. The number of halogens is 4. The third-order valence-electron chi connectivity index (χ3n) is 1.98. The van der Waals surface area contributed by atoms with Crippen molar-refractivity contribution in [1.29, 1.82) is 0 Å². The molecule has 5 N–H and O–H groups in total. The quantitative estimate of drug-likeness (QED) is 0.482. The Kier molecular flexibility index (Phi) is 11.9. The molecule has 0 aromatic rings. The summed E-state index contributed by atoms with van der Waals surface area (Å²) in [6, 6.07) is -1.75. The van der Waals surface area contributed by atoms with E-state index >= 15 is 0 Å². The van der Waals surface area contributed by atoms with Crippen LogP contribution in [0.1, 0.15) is 6.42 Å². The minimum atomic E-state index is -5.08. The van der Waals surface area contributed by atoms with Gasteiger partial charge in [0.1, 0.15) is 6.04 Å². The number of rotatable bonds is 7. The minimum Gasteiger partial charge on any atom is -0.480 e. The SMILES string of the molecule is CSCC[C@H](N)C(=O)N[C@@H](CCl)C(=O)O.O=C(O)C(F)(F)F. The molecule has 2 atom stereocenters. The fraction of sp³-hybridized carbons (Fsp3) is 0.700. The molecule has 130 valence electrons. The normalized spacial score (nSPS) is 13.4. The summed E-state index contributed by atoms with van der Waals surface area (Å²) in [6.45, 7) is 0. The molecule has 0 spiro atoms. The van der Waals surface area contributed by atoms with Crippen LogP contribution in [0.5, 0.6) is 0 Å². The van der Waals surface area contributed by atoms with Crippen molar-refractivity contribution in [3.63, 3.8) is 0 Å². The van der Waals surface area contributed by atoms with Gasteiger partial charge in [0.2, 0.25) is 5.91 Å². The van der Waals surface area contributed by atoms with E-state index in [9.17, 15) is 22.8 Å². The van der Waals surface area contributed by atoms with Gasteiger partial charge in [-0.2, -0.15) is 24.9 Å². The largest absolute Gasteiger partial charge is 0.490 e. The molecule has 0 unspecified atom stereocenters. The highest BCUT2D eigenvalue weighted by atomic mass is 35.5. The monoisotopic (exact) mass is 368 g/mol. The molecule has 0 fully saturated rings. The number of carboxylic acid groups (broad SMARTS) is 2. The first-order valence-electron chi connectivity index (χ1n) is 5.61. The van der Waals surface area contributed by atoms with Gasteiger partial charge in [0.25, 0.3) is 0 Å². The average molecular weight is 369 g/mol. The van der Waals surface area contributed by atoms with E-state index in [0.29, 0.717) is 6.42 Å². The molecule has 22 heavy (non-hydrogen) atoms. The van der Waals surface area contributed by atoms with E-state index < -0.39 is 36.1 Å². The van der Waals surface area contributed by atoms with E-state index in [1.165, 1.54) is 0 Å². The van der Waals surface area contributed by atoms with Crippen molar-refractivity contribution in [3.05, 3.63) is 0 Å². The van der Waals surface area contributed by atoms with E-state index in [0.717, 1.165) is 5.75 Å². The van der Waals surface area contributed by atoms with Crippen LogP contribution in [0.3, 0.4) is 0 Å². The molecule has 1 amide bonds. The van der Waals surface area contributed by atoms with Gasteiger partial charge in [-0.05, 0) is 18.4 Å². The Morgan fingerprint density at radius 3 is 2.05 bits per heavy atom. The second kappa shape index (κ2) is 11.4. The maximum atomic E-state index is 11.4. The highest BCUT2D eigenvalue weighted by Gasteiger charge is 2.38. The van der Waals surface area contributed by atoms with Gasteiger partial charge >= 0.3 is 18.1 Å². The van der Waals surface area contributed by atoms with E-state index in [-0.39, 0.29) is 5.88 Å². The number of nitrogens with one attached hydrogen (secondary N) is 1. The van der Waals surface area contributed by atoms with E-state index in [1.807, 2.05) is 6.26 Å². The number of carbonyl (C=O) groups is 3. The van der Waals surface area contributed by atoms with Gasteiger partial charge in [-0.15, -0.1) is 11.6 Å². The standard InChI is InChI=1S/C8H15ClN2O3S.C2HF3O2/c1-15-3-2-5(10)7(12)11-6(4-9)8(13)14;3-2(4,5)1(6)7/h5-6H,2-4,10H2,1H3,(H,11,12)(H,13,14);(H,6,7)/t5-,6-;/m0./s1. The Hall–Kier alpha value is -1.20. The van der Waals surface area contributed by atoms with Gasteiger partial charge in [-0.1, -0.05) is 0 Å². The maximum Gasteiger partial charge on any atom is 0.490 e. The van der Waals surface area contributed by atoms with Crippen molar-refractivity contribution < 1.29 is 37.8 Å². The van der Waals surface area contributed by atoms with E-state index in [2.05, 4.69) is 5.32 Å². The number of aliphatic carboxylic acids is 2. The zero-order valence-electron chi connectivity index (χ0n) is 11.4. The molecule has 12 heteroatoms. The van der Waals surface area contributed by atoms with Gasteiger partial charge in [0.05, 0.1) is 11.9 Å². The van der Waals surface area contributed by atoms with Gasteiger partial charge in [0.15, 0.2) is 0 Å². The predicted octanol–water partition coefficient (Wildman–Crippen LogP) is 0.508. The Bertz CT molecular complexity index is 384. The zero-order valence-corrected chi connectivity index (χ0v) is 13.0. The molecule has 0 radical (unpaired) electrons. The van der Waals surface area contributed by atoms with Crippen molar-refractivity contribution >= 4 is 41.2 Å². The number of alkyl halides is 4. The fourth-order valence-electron chi connectivity index (χ4n) is 0.821. The topological polar surface area (TPSA) is 130 Å². The molecular formula is C10H16ClF3N2O5S. The third kappa shape index (κ3) is 11.5. The zero-order chi connectivity index (χ0) is 17.9. The molecule has 7 nitrogen and oxygen atoms in total. The summed E-state index contributed by atoms with van der Waals surface area (Å²) >= 11 is 6.95. The Morgan fingerprint density at radius 1 is 1.32 bits per heavy atom. The molecule has 0 bridgehead atoms. The summed E-state index contributed by atoms with van der Waals surface area (Å²) < 4.78 is 31.7. The fourth-order valence-corrected chi connectivity index (χ4v) is 1.52. The van der Waals surface area contributed by atoms with Crippen LogP contribution < -0.4 is 11.1 Å². The summed E-state index contributed by atoms with van der Waals surface area (Å²) in [5.41, 5.74) is 5.55. The summed E-state index contributed by atoms with van der Waals surface area (Å²) in [6.07, 6.45) is -2.66. The van der Waals surface area contributed by atoms with Gasteiger partial charge in [0, 0.05) is 0 Å². The van der Waals surface area contributed by atoms with Crippen LogP contribution in [0.15, 0.2) is 0 Å². The van der Waals surface area contributed by atoms with Crippen LogP contribution in [0.25, 0.3) is 0 Å². The van der Waals surface area contributed by atoms with Crippen molar-refractivity contribution in [3.8, 4) is 0 Å². The van der Waals surface area contributed by atoms with Crippen LogP contribution in [0, 0.1) is 0 Å². The van der Waals surface area contributed by atoms with Crippen molar-refractivity contribution in [2.75, 3.05) is 17.9 Å². The number of hydrogen-bond acceptors (Lipinski definition) is 5. The minimum absolute atomic E-state index is 0.170. The number of amides is 1. The summed E-state index contributed by atoms with van der Waals surface area (Å²) in [7, 11) is 0. The Balaban J connectivity index is 0. The van der Waals surface area contributed by atoms with Crippen molar-refractivity contribution in [2.24, 2.45) is 5.73 Å². The highest BCUT2D eigenvalue weighted by Crippen LogP contribution is 2.13. The number of carbonyl (C=O) groups excluding carboxylic acids is 1. The lowest BCUT2D eigenvalue weighted by Crippen LogP contribution is -2.49. The molecule has 0 aliphatic carbocycles. The van der Waals surface area contributed by atoms with Crippen molar-refractivity contribution in [1.82, 2.24) is 5.32 Å². The molecule has 0 aromatic heterocycles. The van der Waals surface area contributed by atoms with Crippen LogP contribution in [0.2, 0.25) is 0 Å². The Labute approximate surface area is 133 Å². The second-order valence-electron chi connectivity index (χ2n) is 3.74. The lowest BCUT2D eigenvalue weighted by Gasteiger charge is -2.15. The summed E-state index contributed by atoms with van der Waals surface area (Å²) in [5.74, 6) is -3.80. The third-order valence-corrected chi connectivity index (χ3v) is 2.93. The van der Waals surface area contributed by atoms with E-state index in [4.69, 9.17) is 32.3 Å². The molecule has 0 saturated carbocycles. The summed E-state index contributed by atoms with van der Waals surface area (Å²) in [4.78, 5) is 30.8. The number of nitrogens with two attached hydrogens (primary N) is 1. The maximum absolute atomic E-state index is 11.4. The van der Waals surface area contributed by atoms with Crippen LogP contribution >= 0.6 is 23.4 Å². The number of thioether (sulfide) groups is 1. The number of carboxylic acids is 2. The Morgan fingerprint density at radius 2 is 1.77 bits per heavy atom. The van der Waals surface area contributed by atoms with Crippen LogP contribution in [0.4, 0.5) is 13.2 Å². The molecule has 0 rings (SSSR count). The lowest BCUT2D eigenvalue weighted by molar-refractivity contribution is -0.192. The van der Waals surface area contributed by atoms with Gasteiger partial charge in [-0.25, -0.2) is 9.59 Å². The molecule has 0 aliphatic rings. The smallest absolute Gasteiger partial charge is 0.480 e. The first kappa shape index (κ1) is 23.1. The van der Waals surface area contributed by atoms with Crippen molar-refractivity contribution in [2.45, 2.75) is 24.7 Å². The molecular weight excluding hydrogens is 353 g/mol. The van der Waals surface area contributed by atoms with E-state index in [1.54, 1.807) is 11.8 Å². The second-order valence-corrected chi connectivity index (χ2v) is 5.04. The first-order valence-corrected chi connectivity index (χ1v) is 7.53. The molecule has 0 aliphatic heterocycles. The number of hydrogen-bond donors (Lipinski definition) is 4. The van der Waals surface area contributed by atoms with Gasteiger partial charge < -0.3 is 21.3 Å². The molecule has 0 heterocycles. The predicted molar refractivity (Wildman–Crippen MR) is 75.0 cm³/mol. The average Bonchev–Trinajstić information content (AvgIpc) is 2.40. The van der Waals surface area contributed by atoms with Gasteiger partial charge in [-0.3, -0.25) is 4.79 Å². The first-order chi connectivity index (χ1) is 9.97. The molecule has 0 aromatic carbocycles.